The van der Waals surface area contributed by atoms with Crippen LogP contribution in [0.1, 0.15) is 12.0 Å². The summed E-state index contributed by atoms with van der Waals surface area (Å²) in [4.78, 5) is 27.5. The molecule has 1 atom stereocenters. The van der Waals surface area contributed by atoms with Gasteiger partial charge >= 0.3 is 0 Å². The number of halogens is 2. The number of carbonyl (C=O) groups is 2. The maximum atomic E-state index is 13.9. The lowest BCUT2D eigenvalue weighted by Crippen LogP contribution is -2.34. The van der Waals surface area contributed by atoms with Gasteiger partial charge in [0.15, 0.2) is 0 Å². The molecular formula is C19H18F2N2O2. The smallest absolute Gasteiger partial charge is 0.228 e. The monoisotopic (exact) mass is 344 g/mol. The van der Waals surface area contributed by atoms with Crippen molar-refractivity contribution in [2.24, 2.45) is 5.92 Å². The predicted octanol–water partition coefficient (Wildman–Crippen LogP) is 2.98. The largest absolute Gasteiger partial charge is 0.341 e. The van der Waals surface area contributed by atoms with Crippen LogP contribution in [0.25, 0.3) is 0 Å². The molecule has 0 aromatic heterocycles. The van der Waals surface area contributed by atoms with Gasteiger partial charge in [-0.3, -0.25) is 9.59 Å². The lowest BCUT2D eigenvalue weighted by molar-refractivity contribution is -0.135. The van der Waals surface area contributed by atoms with Crippen LogP contribution in [0.4, 0.5) is 14.5 Å². The zero-order chi connectivity index (χ0) is 18.0. The Bertz CT molecular complexity index is 810. The first-order chi connectivity index (χ1) is 12.0. The molecule has 0 saturated carbocycles. The normalized spacial score (nSPS) is 17.0. The van der Waals surface area contributed by atoms with Crippen LogP contribution in [0.15, 0.2) is 48.5 Å². The molecule has 4 nitrogen and oxygen atoms in total. The molecule has 1 fully saturated rings. The summed E-state index contributed by atoms with van der Waals surface area (Å²) in [5.74, 6) is -1.98. The van der Waals surface area contributed by atoms with Gasteiger partial charge in [0.25, 0.3) is 0 Å². The highest BCUT2D eigenvalue weighted by Gasteiger charge is 2.37. The number of rotatable bonds is 4. The van der Waals surface area contributed by atoms with Crippen LogP contribution in [-0.2, 0) is 16.1 Å². The first-order valence-electron chi connectivity index (χ1n) is 8.00. The Labute approximate surface area is 144 Å². The van der Waals surface area contributed by atoms with E-state index in [0.29, 0.717) is 5.56 Å². The topological polar surface area (TPSA) is 40.6 Å². The molecule has 130 valence electrons. The highest BCUT2D eigenvalue weighted by Crippen LogP contribution is 2.28. The zero-order valence-corrected chi connectivity index (χ0v) is 13.8. The van der Waals surface area contributed by atoms with Crippen molar-refractivity contribution in [3.05, 3.63) is 65.7 Å². The summed E-state index contributed by atoms with van der Waals surface area (Å²) >= 11 is 0. The molecule has 0 N–H and O–H groups in total. The van der Waals surface area contributed by atoms with Crippen LogP contribution in [0, 0.1) is 17.6 Å². The van der Waals surface area contributed by atoms with Gasteiger partial charge in [-0.25, -0.2) is 8.78 Å². The third-order valence-corrected chi connectivity index (χ3v) is 4.36. The van der Waals surface area contributed by atoms with E-state index < -0.39 is 11.7 Å². The molecule has 2 aromatic carbocycles. The maximum absolute atomic E-state index is 13.9. The van der Waals surface area contributed by atoms with E-state index in [4.69, 9.17) is 0 Å². The molecule has 0 spiro atoms. The molecule has 1 saturated heterocycles. The van der Waals surface area contributed by atoms with Gasteiger partial charge in [0.2, 0.25) is 11.8 Å². The van der Waals surface area contributed by atoms with Crippen LogP contribution in [0.5, 0.6) is 0 Å². The fourth-order valence-electron chi connectivity index (χ4n) is 3.05. The molecule has 1 aliphatic rings. The summed E-state index contributed by atoms with van der Waals surface area (Å²) in [5, 5.41) is 0. The maximum Gasteiger partial charge on any atom is 0.228 e. The number of amides is 2. The quantitative estimate of drug-likeness (QED) is 0.856. The number of benzene rings is 2. The lowest BCUT2D eigenvalue weighted by Gasteiger charge is -2.22. The van der Waals surface area contributed by atoms with E-state index in [2.05, 4.69) is 0 Å². The van der Waals surface area contributed by atoms with Gasteiger partial charge in [0.1, 0.15) is 11.6 Å². The number of para-hydroxylation sites is 1. The van der Waals surface area contributed by atoms with Crippen molar-refractivity contribution in [2.75, 3.05) is 18.5 Å². The molecule has 2 amide bonds. The van der Waals surface area contributed by atoms with Crippen LogP contribution in [-0.4, -0.2) is 30.3 Å². The fraction of sp³-hybridized carbons (Fsp3) is 0.263. The van der Waals surface area contributed by atoms with E-state index in [1.807, 2.05) is 0 Å². The van der Waals surface area contributed by atoms with Crippen LogP contribution in [0.3, 0.4) is 0 Å². The lowest BCUT2D eigenvalue weighted by atomic mass is 10.1. The Balaban J connectivity index is 1.70. The Kier molecular flexibility index (Phi) is 4.79. The summed E-state index contributed by atoms with van der Waals surface area (Å²) < 4.78 is 27.6. The highest BCUT2D eigenvalue weighted by molar-refractivity contribution is 6.00. The van der Waals surface area contributed by atoms with Gasteiger partial charge in [0.05, 0.1) is 11.6 Å². The highest BCUT2D eigenvalue weighted by atomic mass is 19.1. The van der Waals surface area contributed by atoms with Crippen molar-refractivity contribution < 1.29 is 18.4 Å². The molecule has 1 heterocycles. The minimum atomic E-state index is -0.566. The minimum absolute atomic E-state index is 0.0226. The van der Waals surface area contributed by atoms with E-state index in [0.717, 1.165) is 0 Å². The summed E-state index contributed by atoms with van der Waals surface area (Å²) in [6.45, 7) is 0.246. The van der Waals surface area contributed by atoms with Crippen molar-refractivity contribution in [2.45, 2.75) is 13.0 Å². The van der Waals surface area contributed by atoms with E-state index in [1.54, 1.807) is 37.4 Å². The first kappa shape index (κ1) is 17.1. The van der Waals surface area contributed by atoms with Crippen LogP contribution < -0.4 is 4.90 Å². The van der Waals surface area contributed by atoms with Gasteiger partial charge < -0.3 is 9.80 Å². The summed E-state index contributed by atoms with van der Waals surface area (Å²) in [5.41, 5.74) is 0.591. The number of nitrogens with zero attached hydrogens (tertiary/aromatic N) is 2. The van der Waals surface area contributed by atoms with E-state index in [-0.39, 0.29) is 42.8 Å². The molecule has 1 aliphatic heterocycles. The van der Waals surface area contributed by atoms with E-state index in [9.17, 15) is 18.4 Å². The number of carbonyl (C=O) groups excluding carboxylic acids is 2. The molecule has 6 heteroatoms. The Morgan fingerprint density at radius 2 is 1.76 bits per heavy atom. The molecule has 0 aliphatic carbocycles. The second-order valence-corrected chi connectivity index (χ2v) is 6.14. The average Bonchev–Trinajstić information content (AvgIpc) is 2.98. The first-order valence-corrected chi connectivity index (χ1v) is 8.00. The van der Waals surface area contributed by atoms with Crippen molar-refractivity contribution >= 4 is 17.5 Å². The van der Waals surface area contributed by atoms with Gasteiger partial charge in [0, 0.05) is 32.1 Å². The fourth-order valence-corrected chi connectivity index (χ4v) is 3.05. The second-order valence-electron chi connectivity index (χ2n) is 6.14. The van der Waals surface area contributed by atoms with E-state index >= 15 is 0 Å². The molecule has 0 radical (unpaired) electrons. The standard InChI is InChI=1S/C19H18F2N2O2/c1-22(11-13-6-2-3-7-15(13)20)19(25)14-10-18(24)23(12-14)17-9-5-4-8-16(17)21/h2-9,14H,10-12H2,1H3. The Morgan fingerprint density at radius 1 is 1.12 bits per heavy atom. The summed E-state index contributed by atoms with van der Waals surface area (Å²) in [6.07, 6.45) is 0.0226. The molecular weight excluding hydrogens is 326 g/mol. The van der Waals surface area contributed by atoms with Gasteiger partial charge in [-0.05, 0) is 18.2 Å². The van der Waals surface area contributed by atoms with Crippen LogP contribution >= 0.6 is 0 Å². The third kappa shape index (κ3) is 3.52. The predicted molar refractivity (Wildman–Crippen MR) is 89.7 cm³/mol. The Morgan fingerprint density at radius 3 is 2.44 bits per heavy atom. The second kappa shape index (κ2) is 7.01. The summed E-state index contributed by atoms with van der Waals surface area (Å²) in [6, 6.07) is 12.2. The molecule has 1 unspecified atom stereocenters. The van der Waals surface area contributed by atoms with Gasteiger partial charge in [-0.15, -0.1) is 0 Å². The van der Waals surface area contributed by atoms with Crippen molar-refractivity contribution in [1.82, 2.24) is 4.90 Å². The summed E-state index contributed by atoms with van der Waals surface area (Å²) in [7, 11) is 1.57. The van der Waals surface area contributed by atoms with Crippen molar-refractivity contribution in [3.63, 3.8) is 0 Å². The molecule has 0 bridgehead atoms. The number of hydrogen-bond donors (Lipinski definition) is 0. The Hall–Kier alpha value is -2.76. The SMILES string of the molecule is CN(Cc1ccccc1F)C(=O)C1CC(=O)N(c2ccccc2F)C1. The number of anilines is 1. The van der Waals surface area contributed by atoms with Crippen LogP contribution in [0.2, 0.25) is 0 Å². The number of hydrogen-bond acceptors (Lipinski definition) is 2. The molecule has 3 rings (SSSR count). The molecule has 2 aromatic rings. The average molecular weight is 344 g/mol. The molecule has 25 heavy (non-hydrogen) atoms. The van der Waals surface area contributed by atoms with E-state index in [1.165, 1.54) is 28.0 Å². The van der Waals surface area contributed by atoms with Gasteiger partial charge in [-0.2, -0.15) is 0 Å². The van der Waals surface area contributed by atoms with Crippen molar-refractivity contribution in [3.8, 4) is 0 Å². The minimum Gasteiger partial charge on any atom is -0.341 e. The zero-order valence-electron chi connectivity index (χ0n) is 13.8. The van der Waals surface area contributed by atoms with Crippen molar-refractivity contribution in [1.29, 1.82) is 0 Å². The van der Waals surface area contributed by atoms with Gasteiger partial charge in [-0.1, -0.05) is 30.3 Å². The third-order valence-electron chi connectivity index (χ3n) is 4.36.